The maximum absolute atomic E-state index is 13.0. The third kappa shape index (κ3) is 3.79. The van der Waals surface area contributed by atoms with Crippen molar-refractivity contribution in [1.82, 2.24) is 0 Å². The molecule has 1 heterocycles. The summed E-state index contributed by atoms with van der Waals surface area (Å²) in [6.45, 7) is 1.52. The molecule has 1 saturated carbocycles. The van der Waals surface area contributed by atoms with Gasteiger partial charge in [-0.2, -0.15) is 0 Å². The fourth-order valence-electron chi connectivity index (χ4n) is 5.26. The molecule has 1 N–H and O–H groups in total. The molecule has 3 amide bonds. The van der Waals surface area contributed by atoms with Crippen LogP contribution in [-0.4, -0.2) is 30.3 Å². The molecule has 0 unspecified atom stereocenters. The summed E-state index contributed by atoms with van der Waals surface area (Å²) in [4.78, 5) is 51.7. The molecule has 0 radical (unpaired) electrons. The highest BCUT2D eigenvalue weighted by Gasteiger charge is 2.60. The lowest BCUT2D eigenvalue weighted by molar-refractivity contribution is -0.123. The number of benzene rings is 2. The summed E-state index contributed by atoms with van der Waals surface area (Å²) in [6, 6.07) is 10.6. The van der Waals surface area contributed by atoms with Gasteiger partial charge in [0, 0.05) is 5.69 Å². The number of carbonyl (C=O) groups excluding carboxylic acids is 4. The number of fused-ring (bicyclic) bond motifs is 5. The topological polar surface area (TPSA) is 92.8 Å². The van der Waals surface area contributed by atoms with E-state index in [2.05, 4.69) is 11.4 Å². The Morgan fingerprint density at radius 2 is 1.74 bits per heavy atom. The number of anilines is 2. The summed E-state index contributed by atoms with van der Waals surface area (Å²) in [5, 5.41) is 3.20. The van der Waals surface area contributed by atoms with Crippen LogP contribution in [0.3, 0.4) is 0 Å². The second-order valence-electron chi connectivity index (χ2n) is 8.78. The fourth-order valence-corrected chi connectivity index (χ4v) is 5.56. The molecular weight excluding hydrogens is 479 g/mol. The minimum absolute atomic E-state index is 0.126. The van der Waals surface area contributed by atoms with E-state index < -0.39 is 18.5 Å². The van der Waals surface area contributed by atoms with Crippen LogP contribution in [0.15, 0.2) is 54.1 Å². The summed E-state index contributed by atoms with van der Waals surface area (Å²) in [7, 11) is 0. The van der Waals surface area contributed by atoms with Gasteiger partial charge in [-0.25, -0.2) is 4.79 Å². The first-order chi connectivity index (χ1) is 16.2. The van der Waals surface area contributed by atoms with Gasteiger partial charge in [-0.3, -0.25) is 19.3 Å². The fraction of sp³-hybridized carbons (Fsp3) is 0.280. The quantitative estimate of drug-likeness (QED) is 0.372. The van der Waals surface area contributed by atoms with Crippen LogP contribution in [0.2, 0.25) is 10.0 Å². The van der Waals surface area contributed by atoms with Crippen molar-refractivity contribution in [2.45, 2.75) is 13.3 Å². The van der Waals surface area contributed by atoms with Gasteiger partial charge < -0.3 is 10.1 Å². The molecule has 5 rings (SSSR count). The molecule has 2 aliphatic carbocycles. The Morgan fingerprint density at radius 1 is 1.03 bits per heavy atom. The molecule has 0 spiro atoms. The van der Waals surface area contributed by atoms with Gasteiger partial charge in [0.05, 0.1) is 33.1 Å². The van der Waals surface area contributed by atoms with Crippen LogP contribution in [0.5, 0.6) is 0 Å². The number of rotatable bonds is 5. The number of halogens is 2. The van der Waals surface area contributed by atoms with Gasteiger partial charge in [-0.1, -0.05) is 34.9 Å². The lowest BCUT2D eigenvalue weighted by Gasteiger charge is -2.19. The molecule has 2 aromatic rings. The van der Waals surface area contributed by atoms with Gasteiger partial charge in [0.1, 0.15) is 0 Å². The Kier molecular flexibility index (Phi) is 5.70. The number of imide groups is 1. The minimum atomic E-state index is -0.704. The molecule has 34 heavy (non-hydrogen) atoms. The average molecular weight is 499 g/mol. The van der Waals surface area contributed by atoms with Crippen molar-refractivity contribution in [2.24, 2.45) is 23.7 Å². The van der Waals surface area contributed by atoms with E-state index in [0.717, 1.165) is 6.42 Å². The molecule has 2 aromatic carbocycles. The largest absolute Gasteiger partial charge is 0.452 e. The molecular formula is C25H20Cl2N2O5. The van der Waals surface area contributed by atoms with E-state index in [1.807, 2.05) is 6.92 Å². The van der Waals surface area contributed by atoms with Crippen molar-refractivity contribution in [2.75, 3.05) is 16.8 Å². The lowest BCUT2D eigenvalue weighted by atomic mass is 9.82. The molecule has 9 heteroatoms. The normalized spacial score (nSPS) is 24.8. The second kappa shape index (κ2) is 8.56. The Balaban J connectivity index is 1.20. The van der Waals surface area contributed by atoms with Crippen molar-refractivity contribution < 1.29 is 23.9 Å². The highest BCUT2D eigenvalue weighted by molar-refractivity contribution is 6.42. The lowest BCUT2D eigenvalue weighted by Crippen LogP contribution is -2.33. The highest BCUT2D eigenvalue weighted by Crippen LogP contribution is 2.55. The molecule has 7 nitrogen and oxygen atoms in total. The van der Waals surface area contributed by atoms with Crippen molar-refractivity contribution in [1.29, 1.82) is 0 Å². The van der Waals surface area contributed by atoms with Gasteiger partial charge in [0.15, 0.2) is 6.61 Å². The molecule has 2 fully saturated rings. The molecule has 1 saturated heterocycles. The first-order valence-corrected chi connectivity index (χ1v) is 11.6. The van der Waals surface area contributed by atoms with Crippen molar-refractivity contribution in [3.63, 3.8) is 0 Å². The minimum Gasteiger partial charge on any atom is -0.452 e. The standard InChI is InChI=1S/C25H20Cl2N2O5/c1-12-8-14-9-17(12)22-21(14)23(31)29(24(22)32)16-5-2-13(3-6-16)25(33)34-11-20(30)28-15-4-7-18(26)19(27)10-15/h2-8,10,14,17,21-22H,9,11H2,1H3,(H,28,30)/t14-,17+,21+,22+/m0/s1. The monoisotopic (exact) mass is 498 g/mol. The zero-order valence-electron chi connectivity index (χ0n) is 18.1. The number of hydrogen-bond donors (Lipinski definition) is 1. The predicted molar refractivity (Wildman–Crippen MR) is 127 cm³/mol. The number of nitrogens with zero attached hydrogens (tertiary/aromatic N) is 1. The third-order valence-corrected chi connectivity index (χ3v) is 7.52. The van der Waals surface area contributed by atoms with Gasteiger partial charge >= 0.3 is 5.97 Å². The summed E-state index contributed by atoms with van der Waals surface area (Å²) < 4.78 is 5.07. The van der Waals surface area contributed by atoms with Crippen molar-refractivity contribution >= 4 is 58.3 Å². The number of allylic oxidation sites excluding steroid dienone is 2. The molecule has 2 bridgehead atoms. The Bertz CT molecular complexity index is 1260. The molecule has 4 atom stereocenters. The summed E-state index contributed by atoms with van der Waals surface area (Å²) in [5.41, 5.74) is 2.23. The van der Waals surface area contributed by atoms with Crippen LogP contribution in [-0.2, 0) is 19.1 Å². The van der Waals surface area contributed by atoms with E-state index >= 15 is 0 Å². The summed E-state index contributed by atoms with van der Waals surface area (Å²) in [5.74, 6) is -1.92. The zero-order valence-corrected chi connectivity index (χ0v) is 19.6. The molecule has 0 aromatic heterocycles. The average Bonchev–Trinajstić information content (AvgIpc) is 3.45. The van der Waals surface area contributed by atoms with E-state index in [1.54, 1.807) is 24.3 Å². The first kappa shape index (κ1) is 22.6. The highest BCUT2D eigenvalue weighted by atomic mass is 35.5. The second-order valence-corrected chi connectivity index (χ2v) is 9.59. The van der Waals surface area contributed by atoms with Crippen LogP contribution in [0, 0.1) is 23.7 Å². The van der Waals surface area contributed by atoms with E-state index in [9.17, 15) is 19.2 Å². The van der Waals surface area contributed by atoms with Crippen LogP contribution < -0.4 is 10.2 Å². The van der Waals surface area contributed by atoms with E-state index in [1.165, 1.54) is 28.7 Å². The Morgan fingerprint density at radius 3 is 2.44 bits per heavy atom. The summed E-state index contributed by atoms with van der Waals surface area (Å²) in [6.07, 6.45) is 2.99. The maximum atomic E-state index is 13.0. The number of carbonyl (C=O) groups is 4. The third-order valence-electron chi connectivity index (χ3n) is 6.78. The van der Waals surface area contributed by atoms with Crippen LogP contribution in [0.1, 0.15) is 23.7 Å². The Labute approximate surface area is 205 Å². The van der Waals surface area contributed by atoms with E-state index in [-0.39, 0.29) is 46.1 Å². The van der Waals surface area contributed by atoms with E-state index in [0.29, 0.717) is 16.4 Å². The first-order valence-electron chi connectivity index (χ1n) is 10.8. The predicted octanol–water partition coefficient (Wildman–Crippen LogP) is 4.49. The van der Waals surface area contributed by atoms with Gasteiger partial charge in [0.25, 0.3) is 5.91 Å². The molecule has 3 aliphatic rings. The van der Waals surface area contributed by atoms with E-state index in [4.69, 9.17) is 27.9 Å². The van der Waals surface area contributed by atoms with Crippen LogP contribution in [0.4, 0.5) is 11.4 Å². The number of ether oxygens (including phenoxy) is 1. The number of esters is 1. The zero-order chi connectivity index (χ0) is 24.1. The number of nitrogens with one attached hydrogen (secondary N) is 1. The van der Waals surface area contributed by atoms with Crippen LogP contribution in [0.25, 0.3) is 0 Å². The van der Waals surface area contributed by atoms with Gasteiger partial charge in [-0.05, 0) is 67.6 Å². The smallest absolute Gasteiger partial charge is 0.338 e. The Hall–Kier alpha value is -3.16. The van der Waals surface area contributed by atoms with Gasteiger partial charge in [0.2, 0.25) is 11.8 Å². The number of amides is 3. The van der Waals surface area contributed by atoms with Crippen LogP contribution >= 0.6 is 23.2 Å². The summed E-state index contributed by atoms with van der Waals surface area (Å²) >= 11 is 11.8. The maximum Gasteiger partial charge on any atom is 0.338 e. The number of hydrogen-bond acceptors (Lipinski definition) is 5. The van der Waals surface area contributed by atoms with Crippen molar-refractivity contribution in [3.8, 4) is 0 Å². The molecule has 174 valence electrons. The van der Waals surface area contributed by atoms with Gasteiger partial charge in [-0.15, -0.1) is 0 Å². The molecule has 1 aliphatic heterocycles. The SMILES string of the molecule is CC1=C[C@H]2C[C@H]1[C@H]1C(=O)N(c3ccc(C(=O)OCC(=O)Nc4ccc(Cl)c(Cl)c4)cc3)C(=O)[C@@H]12. The van der Waals surface area contributed by atoms with Crippen molar-refractivity contribution in [3.05, 3.63) is 69.7 Å².